The average Bonchev–Trinajstić information content (AvgIpc) is 3.49. The van der Waals surface area contributed by atoms with Gasteiger partial charge < -0.3 is 19.7 Å². The summed E-state index contributed by atoms with van der Waals surface area (Å²) in [6, 6.07) is 11.9. The van der Waals surface area contributed by atoms with Crippen LogP contribution in [-0.4, -0.2) is 41.6 Å². The molecule has 0 aromatic heterocycles. The second kappa shape index (κ2) is 8.37. The van der Waals surface area contributed by atoms with Gasteiger partial charge in [-0.25, -0.2) is 4.39 Å². The Labute approximate surface area is 174 Å². The summed E-state index contributed by atoms with van der Waals surface area (Å²) >= 11 is 5.37. The first-order valence-electron chi connectivity index (χ1n) is 9.74. The molecule has 2 aliphatic rings. The second-order valence-electron chi connectivity index (χ2n) is 7.56. The van der Waals surface area contributed by atoms with Crippen LogP contribution in [0.25, 0.3) is 0 Å². The second-order valence-corrected chi connectivity index (χ2v) is 7.94. The Morgan fingerprint density at radius 2 is 1.97 bits per heavy atom. The number of nitrogens with one attached hydrogen (secondary N) is 1. The third-order valence-electron chi connectivity index (χ3n) is 5.04. The van der Waals surface area contributed by atoms with Gasteiger partial charge in [0.2, 0.25) is 0 Å². The molecule has 2 aromatic rings. The summed E-state index contributed by atoms with van der Waals surface area (Å²) in [5.74, 6) is 1.72. The number of hydrogen-bond acceptors (Lipinski definition) is 4. The maximum Gasteiger partial charge on any atom is 0.173 e. The van der Waals surface area contributed by atoms with Crippen LogP contribution >= 0.6 is 12.2 Å². The minimum Gasteiger partial charge on any atom is -0.493 e. The predicted molar refractivity (Wildman–Crippen MR) is 113 cm³/mol. The molecule has 0 spiro atoms. The number of halogens is 1. The number of rotatable bonds is 7. The van der Waals surface area contributed by atoms with Gasteiger partial charge >= 0.3 is 0 Å². The molecule has 4 rings (SSSR count). The summed E-state index contributed by atoms with van der Waals surface area (Å²) in [7, 11) is 0. The first-order chi connectivity index (χ1) is 14.0. The van der Waals surface area contributed by atoms with E-state index in [2.05, 4.69) is 5.32 Å². The van der Waals surface area contributed by atoms with Gasteiger partial charge in [-0.15, -0.1) is 0 Å². The third kappa shape index (κ3) is 5.03. The highest BCUT2D eigenvalue weighted by atomic mass is 32.1. The Bertz CT molecular complexity index is 926. The van der Waals surface area contributed by atoms with Crippen LogP contribution in [0.1, 0.15) is 30.1 Å². The SMILES string of the molecule is CC(=O)c1ccc(F)c(NC(=S)N2CC(Oc3cccc(OCC4CC4)c3)C2)c1. The van der Waals surface area contributed by atoms with Gasteiger partial charge in [-0.1, -0.05) is 6.07 Å². The van der Waals surface area contributed by atoms with Gasteiger partial charge in [-0.3, -0.25) is 4.79 Å². The van der Waals surface area contributed by atoms with Crippen molar-refractivity contribution in [2.45, 2.75) is 25.9 Å². The van der Waals surface area contributed by atoms with Crippen molar-refractivity contribution >= 4 is 28.8 Å². The lowest BCUT2D eigenvalue weighted by atomic mass is 10.1. The molecule has 1 saturated heterocycles. The topological polar surface area (TPSA) is 50.8 Å². The number of anilines is 1. The molecule has 1 N–H and O–H groups in total. The molecule has 1 aliphatic heterocycles. The van der Waals surface area contributed by atoms with Crippen molar-refractivity contribution in [1.82, 2.24) is 4.90 Å². The zero-order valence-corrected chi connectivity index (χ0v) is 17.0. The van der Waals surface area contributed by atoms with Crippen LogP contribution in [0.5, 0.6) is 11.5 Å². The van der Waals surface area contributed by atoms with E-state index < -0.39 is 5.82 Å². The monoisotopic (exact) mass is 414 g/mol. The molecule has 5 nitrogen and oxygen atoms in total. The van der Waals surface area contributed by atoms with E-state index in [0.29, 0.717) is 29.7 Å². The predicted octanol–water partition coefficient (Wildman–Crippen LogP) is 4.28. The summed E-state index contributed by atoms with van der Waals surface area (Å²) in [6.07, 6.45) is 2.51. The summed E-state index contributed by atoms with van der Waals surface area (Å²) in [4.78, 5) is 13.4. The van der Waals surface area contributed by atoms with Gasteiger partial charge in [0.05, 0.1) is 25.4 Å². The molecule has 0 bridgehead atoms. The Morgan fingerprint density at radius 3 is 2.69 bits per heavy atom. The Balaban J connectivity index is 1.27. The van der Waals surface area contributed by atoms with Crippen LogP contribution in [0, 0.1) is 11.7 Å². The number of nitrogens with zero attached hydrogens (tertiary/aromatic N) is 1. The molecule has 7 heteroatoms. The van der Waals surface area contributed by atoms with Gasteiger partial charge in [0.15, 0.2) is 10.9 Å². The highest BCUT2D eigenvalue weighted by molar-refractivity contribution is 7.80. The molecule has 1 heterocycles. The van der Waals surface area contributed by atoms with Crippen molar-refractivity contribution in [2.24, 2.45) is 5.92 Å². The zero-order valence-electron chi connectivity index (χ0n) is 16.2. The number of thiocarbonyl (C=S) groups is 1. The van der Waals surface area contributed by atoms with Crippen LogP contribution in [0.3, 0.4) is 0 Å². The van der Waals surface area contributed by atoms with Crippen molar-refractivity contribution in [3.63, 3.8) is 0 Å². The van der Waals surface area contributed by atoms with E-state index >= 15 is 0 Å². The molecular weight excluding hydrogens is 391 g/mol. The zero-order chi connectivity index (χ0) is 20.4. The Hall–Kier alpha value is -2.67. The molecule has 152 valence electrons. The number of ketones is 1. The molecule has 29 heavy (non-hydrogen) atoms. The third-order valence-corrected chi connectivity index (χ3v) is 5.40. The van der Waals surface area contributed by atoms with Crippen molar-refractivity contribution in [2.75, 3.05) is 25.0 Å². The van der Waals surface area contributed by atoms with E-state index in [1.807, 2.05) is 29.2 Å². The van der Waals surface area contributed by atoms with Crippen molar-refractivity contribution in [3.8, 4) is 11.5 Å². The molecule has 1 saturated carbocycles. The van der Waals surface area contributed by atoms with E-state index in [4.69, 9.17) is 21.7 Å². The van der Waals surface area contributed by atoms with E-state index in [1.54, 1.807) is 0 Å². The van der Waals surface area contributed by atoms with Crippen LogP contribution in [0.4, 0.5) is 10.1 Å². The highest BCUT2D eigenvalue weighted by Gasteiger charge is 2.31. The van der Waals surface area contributed by atoms with Gasteiger partial charge in [-0.2, -0.15) is 0 Å². The van der Waals surface area contributed by atoms with Gasteiger partial charge in [0, 0.05) is 11.6 Å². The maximum atomic E-state index is 14.0. The molecule has 0 amide bonds. The Kier molecular flexibility index (Phi) is 5.67. The number of Topliss-reactive ketones (excluding diaryl/α,β-unsaturated/α-hetero) is 1. The number of carbonyl (C=O) groups is 1. The largest absolute Gasteiger partial charge is 0.493 e. The van der Waals surface area contributed by atoms with E-state index in [1.165, 1.54) is 38.0 Å². The summed E-state index contributed by atoms with van der Waals surface area (Å²) < 4.78 is 25.8. The van der Waals surface area contributed by atoms with Gasteiger partial charge in [0.25, 0.3) is 0 Å². The van der Waals surface area contributed by atoms with E-state index in [-0.39, 0.29) is 17.6 Å². The number of hydrogen-bond donors (Lipinski definition) is 1. The van der Waals surface area contributed by atoms with Crippen molar-refractivity contribution < 1.29 is 18.7 Å². The normalized spacial score (nSPS) is 16.1. The molecular formula is C22H23FN2O3S. The lowest BCUT2D eigenvalue weighted by Gasteiger charge is -2.40. The smallest absolute Gasteiger partial charge is 0.173 e. The summed E-state index contributed by atoms with van der Waals surface area (Å²) in [5.41, 5.74) is 0.637. The number of ether oxygens (including phenoxy) is 2. The molecule has 0 atom stereocenters. The van der Waals surface area contributed by atoms with Crippen molar-refractivity contribution in [3.05, 3.63) is 53.8 Å². The van der Waals surface area contributed by atoms with Crippen LogP contribution in [0.2, 0.25) is 0 Å². The van der Waals surface area contributed by atoms with E-state index in [9.17, 15) is 9.18 Å². The average molecular weight is 415 g/mol. The summed E-state index contributed by atoms with van der Waals surface area (Å²) in [6.45, 7) is 3.42. The quantitative estimate of drug-likeness (QED) is 0.539. The van der Waals surface area contributed by atoms with Gasteiger partial charge in [0.1, 0.15) is 23.4 Å². The molecule has 2 aromatic carbocycles. The van der Waals surface area contributed by atoms with Crippen LogP contribution < -0.4 is 14.8 Å². The minimum atomic E-state index is -0.450. The standard InChI is InChI=1S/C22H23FN2O3S/c1-14(26)16-7-8-20(23)21(9-16)24-22(29)25-11-19(12-25)28-18-4-2-3-17(10-18)27-13-15-5-6-15/h2-4,7-10,15,19H,5-6,11-13H2,1H3,(H,24,29). The fourth-order valence-corrected chi connectivity index (χ4v) is 3.30. The number of carbonyl (C=O) groups excluding carboxylic acids is 1. The van der Waals surface area contributed by atoms with Crippen LogP contribution in [-0.2, 0) is 0 Å². The first kappa shape index (κ1) is 19.6. The molecule has 0 radical (unpaired) electrons. The highest BCUT2D eigenvalue weighted by Crippen LogP contribution is 2.30. The number of benzene rings is 2. The first-order valence-corrected chi connectivity index (χ1v) is 10.1. The molecule has 2 fully saturated rings. The molecule has 0 unspecified atom stereocenters. The van der Waals surface area contributed by atoms with Crippen LogP contribution in [0.15, 0.2) is 42.5 Å². The fraction of sp³-hybridized carbons (Fsp3) is 0.364. The fourth-order valence-electron chi connectivity index (χ4n) is 3.04. The van der Waals surface area contributed by atoms with Crippen molar-refractivity contribution in [1.29, 1.82) is 0 Å². The maximum absolute atomic E-state index is 14.0. The van der Waals surface area contributed by atoms with Gasteiger partial charge in [-0.05, 0) is 68.2 Å². The van der Waals surface area contributed by atoms with E-state index in [0.717, 1.165) is 18.1 Å². The Morgan fingerprint density at radius 1 is 1.21 bits per heavy atom. The lowest BCUT2D eigenvalue weighted by molar-refractivity contribution is 0.0691. The summed E-state index contributed by atoms with van der Waals surface area (Å²) in [5, 5.41) is 3.30. The minimum absolute atomic E-state index is 0.00170. The lowest BCUT2D eigenvalue weighted by Crippen LogP contribution is -2.57. The number of likely N-dealkylation sites (tertiary alicyclic amines) is 1. The molecule has 1 aliphatic carbocycles.